The topological polar surface area (TPSA) is 108 Å². The van der Waals surface area contributed by atoms with E-state index in [2.05, 4.69) is 10.6 Å². The van der Waals surface area contributed by atoms with Crippen LogP contribution in [0, 0.1) is 0 Å². The van der Waals surface area contributed by atoms with Crippen molar-refractivity contribution in [1.29, 1.82) is 0 Å². The van der Waals surface area contributed by atoms with Crippen LogP contribution in [0.1, 0.15) is 35.3 Å². The van der Waals surface area contributed by atoms with Crippen molar-refractivity contribution in [3.8, 4) is 0 Å². The predicted molar refractivity (Wildman–Crippen MR) is 160 cm³/mol. The van der Waals surface area contributed by atoms with E-state index in [1.54, 1.807) is 56.3 Å². The second kappa shape index (κ2) is 11.9. The van der Waals surface area contributed by atoms with Crippen LogP contribution in [-0.2, 0) is 19.6 Å². The highest BCUT2D eigenvalue weighted by atomic mass is 32.2. The Morgan fingerprint density at radius 1 is 0.950 bits per heavy atom. The van der Waals surface area contributed by atoms with Crippen molar-refractivity contribution < 1.29 is 22.7 Å². The molecular formula is C30H34N4O5S. The van der Waals surface area contributed by atoms with E-state index in [1.807, 2.05) is 49.3 Å². The number of hydrogen-bond acceptors (Lipinski definition) is 7. The molecule has 10 heteroatoms. The maximum absolute atomic E-state index is 13.2. The highest BCUT2D eigenvalue weighted by Gasteiger charge is 2.30. The van der Waals surface area contributed by atoms with E-state index >= 15 is 0 Å². The number of carbonyl (C=O) groups excluding carboxylic acids is 2. The van der Waals surface area contributed by atoms with Crippen molar-refractivity contribution in [2.75, 3.05) is 49.2 Å². The summed E-state index contributed by atoms with van der Waals surface area (Å²) in [5.41, 5.74) is 4.54. The normalized spacial score (nSPS) is 14.1. The Morgan fingerprint density at radius 3 is 2.23 bits per heavy atom. The van der Waals surface area contributed by atoms with Gasteiger partial charge in [0, 0.05) is 24.3 Å². The first kappa shape index (κ1) is 28.8. The first-order valence-corrected chi connectivity index (χ1v) is 14.4. The maximum Gasteiger partial charge on any atom is 0.337 e. The number of sulfonamides is 1. The average molecular weight is 563 g/mol. The lowest BCUT2D eigenvalue weighted by Gasteiger charge is -2.28. The smallest absolute Gasteiger partial charge is 0.337 e. The van der Waals surface area contributed by atoms with Crippen LogP contribution in [0.5, 0.6) is 0 Å². The zero-order valence-corrected chi connectivity index (χ0v) is 24.1. The molecule has 0 spiro atoms. The van der Waals surface area contributed by atoms with Gasteiger partial charge in [-0.1, -0.05) is 36.4 Å². The monoisotopic (exact) mass is 562 g/mol. The first-order valence-electron chi connectivity index (χ1n) is 12.9. The molecule has 0 unspecified atom stereocenters. The Bertz CT molecular complexity index is 1530. The number of likely N-dealkylation sites (N-methyl/N-ethyl adjacent to an activating group) is 1. The summed E-state index contributed by atoms with van der Waals surface area (Å²) in [4.78, 5) is 27.2. The molecule has 0 saturated carbocycles. The molecule has 1 aliphatic heterocycles. The molecule has 40 heavy (non-hydrogen) atoms. The summed E-state index contributed by atoms with van der Waals surface area (Å²) in [5.74, 6) is -0.798. The SMILES string of the molecule is COC(=O)c1ccc2c(c1)NC(=O)/C2=C(\Nc1ccc(N(CCN(C)C)S(=O)(=O)C(C)C)cc1)c1ccccc1. The third-order valence-corrected chi connectivity index (χ3v) is 8.77. The van der Waals surface area contributed by atoms with Gasteiger partial charge in [0.1, 0.15) is 0 Å². The number of methoxy groups -OCH3 is 1. The third-order valence-electron chi connectivity index (χ3n) is 6.58. The molecule has 0 fully saturated rings. The van der Waals surface area contributed by atoms with E-state index in [4.69, 9.17) is 4.74 Å². The molecule has 9 nitrogen and oxygen atoms in total. The van der Waals surface area contributed by atoms with Crippen molar-refractivity contribution in [2.24, 2.45) is 0 Å². The van der Waals surface area contributed by atoms with Gasteiger partial charge in [-0.2, -0.15) is 0 Å². The van der Waals surface area contributed by atoms with Gasteiger partial charge < -0.3 is 20.3 Å². The lowest BCUT2D eigenvalue weighted by molar-refractivity contribution is -0.110. The van der Waals surface area contributed by atoms with Crippen molar-refractivity contribution in [1.82, 2.24) is 4.90 Å². The van der Waals surface area contributed by atoms with Crippen LogP contribution in [0.3, 0.4) is 0 Å². The molecule has 1 aliphatic rings. The molecule has 4 rings (SSSR count). The van der Waals surface area contributed by atoms with Gasteiger partial charge in [-0.05, 0) is 69.9 Å². The molecule has 210 valence electrons. The van der Waals surface area contributed by atoms with Crippen LogP contribution >= 0.6 is 0 Å². The minimum atomic E-state index is -3.54. The molecule has 3 aromatic carbocycles. The number of benzene rings is 3. The van der Waals surface area contributed by atoms with Crippen LogP contribution in [0.25, 0.3) is 11.3 Å². The number of carbonyl (C=O) groups is 2. The summed E-state index contributed by atoms with van der Waals surface area (Å²) in [6.45, 7) is 4.24. The van der Waals surface area contributed by atoms with Gasteiger partial charge in [0.05, 0.1) is 40.6 Å². The van der Waals surface area contributed by atoms with Crippen molar-refractivity contribution in [3.63, 3.8) is 0 Å². The van der Waals surface area contributed by atoms with E-state index < -0.39 is 21.2 Å². The number of esters is 1. The maximum atomic E-state index is 13.2. The van der Waals surface area contributed by atoms with Gasteiger partial charge in [-0.25, -0.2) is 13.2 Å². The molecule has 0 atom stereocenters. The van der Waals surface area contributed by atoms with Crippen molar-refractivity contribution in [3.05, 3.63) is 89.5 Å². The average Bonchev–Trinajstić information content (AvgIpc) is 3.26. The van der Waals surface area contributed by atoms with Gasteiger partial charge in [0.15, 0.2) is 0 Å². The molecule has 3 aromatic rings. The van der Waals surface area contributed by atoms with Crippen LogP contribution in [-0.4, -0.2) is 64.7 Å². The summed E-state index contributed by atoms with van der Waals surface area (Å²) >= 11 is 0. The molecule has 0 aromatic heterocycles. The lowest BCUT2D eigenvalue weighted by Crippen LogP contribution is -2.40. The van der Waals surface area contributed by atoms with Gasteiger partial charge >= 0.3 is 5.97 Å². The summed E-state index contributed by atoms with van der Waals surface area (Å²) in [6, 6.07) is 21.5. The summed E-state index contributed by atoms with van der Waals surface area (Å²) in [5, 5.41) is 5.67. The minimum Gasteiger partial charge on any atom is -0.465 e. The van der Waals surface area contributed by atoms with Crippen molar-refractivity contribution in [2.45, 2.75) is 19.1 Å². The third kappa shape index (κ3) is 6.03. The Kier molecular flexibility index (Phi) is 8.61. The molecule has 0 bridgehead atoms. The molecule has 2 N–H and O–H groups in total. The van der Waals surface area contributed by atoms with Crippen LogP contribution in [0.4, 0.5) is 17.1 Å². The number of nitrogens with zero attached hydrogens (tertiary/aromatic N) is 2. The Morgan fingerprint density at radius 2 is 1.62 bits per heavy atom. The fourth-order valence-electron chi connectivity index (χ4n) is 4.35. The summed E-state index contributed by atoms with van der Waals surface area (Å²) in [7, 11) is 1.57. The van der Waals surface area contributed by atoms with Gasteiger partial charge in [0.2, 0.25) is 10.0 Å². The predicted octanol–water partition coefficient (Wildman–Crippen LogP) is 4.51. The van der Waals surface area contributed by atoms with E-state index in [9.17, 15) is 18.0 Å². The lowest BCUT2D eigenvalue weighted by atomic mass is 9.99. The van der Waals surface area contributed by atoms with Crippen LogP contribution in [0.2, 0.25) is 0 Å². The van der Waals surface area contributed by atoms with Crippen LogP contribution < -0.4 is 14.9 Å². The molecule has 0 saturated heterocycles. The second-order valence-electron chi connectivity index (χ2n) is 9.96. The van der Waals surface area contributed by atoms with Crippen molar-refractivity contribution >= 4 is 50.2 Å². The largest absolute Gasteiger partial charge is 0.465 e. The number of hydrogen-bond donors (Lipinski definition) is 2. The quantitative estimate of drug-likeness (QED) is 0.277. The highest BCUT2D eigenvalue weighted by molar-refractivity contribution is 7.93. The van der Waals surface area contributed by atoms with E-state index in [0.29, 0.717) is 52.5 Å². The number of fused-ring (bicyclic) bond motifs is 1. The second-order valence-corrected chi connectivity index (χ2v) is 12.4. The summed E-state index contributed by atoms with van der Waals surface area (Å²) in [6.07, 6.45) is 0. The van der Waals surface area contributed by atoms with Gasteiger partial charge in [-0.3, -0.25) is 9.10 Å². The number of anilines is 3. The molecule has 0 radical (unpaired) electrons. The zero-order chi connectivity index (χ0) is 29.0. The summed E-state index contributed by atoms with van der Waals surface area (Å²) < 4.78 is 32.5. The minimum absolute atomic E-state index is 0.308. The Balaban J connectivity index is 1.74. The van der Waals surface area contributed by atoms with Crippen LogP contribution in [0.15, 0.2) is 72.8 Å². The molecular weight excluding hydrogens is 528 g/mol. The Hall–Kier alpha value is -4.15. The first-order chi connectivity index (χ1) is 19.0. The fourth-order valence-corrected chi connectivity index (χ4v) is 5.61. The number of nitrogens with one attached hydrogen (secondary N) is 2. The Labute approximate surface area is 235 Å². The standard InChI is InChI=1S/C30H34N4O5S/c1-20(2)40(37,38)34(18-17-33(3)4)24-14-12-23(13-15-24)31-28(21-9-7-6-8-10-21)27-25-16-11-22(30(36)39-5)19-26(25)32-29(27)35/h6-16,19-20,31H,17-18H2,1-5H3,(H,32,35)/b28-27-. The highest BCUT2D eigenvalue weighted by Crippen LogP contribution is 2.38. The molecule has 1 heterocycles. The van der Waals surface area contributed by atoms with Gasteiger partial charge in [-0.15, -0.1) is 0 Å². The number of ether oxygens (including phenoxy) is 1. The zero-order valence-electron chi connectivity index (χ0n) is 23.3. The van der Waals surface area contributed by atoms with Gasteiger partial charge in [0.25, 0.3) is 5.91 Å². The van der Waals surface area contributed by atoms with E-state index in [1.165, 1.54) is 11.4 Å². The molecule has 0 aliphatic carbocycles. The number of amides is 1. The molecule has 1 amide bonds. The van der Waals surface area contributed by atoms with E-state index in [-0.39, 0.29) is 5.91 Å². The van der Waals surface area contributed by atoms with E-state index in [0.717, 1.165) is 5.56 Å². The fraction of sp³-hybridized carbons (Fsp3) is 0.267. The number of rotatable bonds is 10.